The third kappa shape index (κ3) is 5.87. The smallest absolute Gasteiger partial charge is 0.257 e. The van der Waals surface area contributed by atoms with E-state index in [1.165, 1.54) is 38.6 Å². The zero-order valence-corrected chi connectivity index (χ0v) is 19.9. The fraction of sp³-hybridized carbons (Fsp3) is 0.292. The van der Waals surface area contributed by atoms with Gasteiger partial charge in [-0.3, -0.25) is 14.5 Å². The van der Waals surface area contributed by atoms with Gasteiger partial charge in [-0.25, -0.2) is 17.7 Å². The average molecular weight is 512 g/mol. The van der Waals surface area contributed by atoms with E-state index in [0.29, 0.717) is 28.2 Å². The Morgan fingerprint density at radius 1 is 1.19 bits per heavy atom. The number of hydrogen-bond donors (Lipinski definition) is 3. The predicted molar refractivity (Wildman–Crippen MR) is 128 cm³/mol. The van der Waals surface area contributed by atoms with E-state index in [1.807, 2.05) is 6.07 Å². The molecule has 0 aliphatic carbocycles. The summed E-state index contributed by atoms with van der Waals surface area (Å²) >= 11 is 0. The summed E-state index contributed by atoms with van der Waals surface area (Å²) < 4.78 is 42.3. The van der Waals surface area contributed by atoms with Crippen LogP contribution in [0.4, 0.5) is 24.5 Å². The molecule has 4 heterocycles. The quantitative estimate of drug-likeness (QED) is 0.313. The Bertz CT molecular complexity index is 1470. The van der Waals surface area contributed by atoms with Crippen molar-refractivity contribution in [2.45, 2.75) is 38.6 Å². The molecule has 13 heteroatoms. The number of aromatic nitrogens is 5. The molecule has 37 heavy (non-hydrogen) atoms. The van der Waals surface area contributed by atoms with Crippen molar-refractivity contribution in [1.29, 1.82) is 5.26 Å². The minimum atomic E-state index is -2.59. The van der Waals surface area contributed by atoms with E-state index in [9.17, 15) is 23.1 Å². The molecule has 0 radical (unpaired) electrons. The van der Waals surface area contributed by atoms with E-state index in [2.05, 4.69) is 25.8 Å². The SMILES string of the molecule is CC(C)(O)[C@H](F)CNC(=O)c1cnc(-c2ccc3cc(C#N)cnn23)cc1Nc1cnn(CC(F)F)c1. The lowest BCUT2D eigenvalue weighted by atomic mass is 10.0. The first kappa shape index (κ1) is 25.6. The maximum Gasteiger partial charge on any atom is 0.257 e. The van der Waals surface area contributed by atoms with Crippen LogP contribution in [0.3, 0.4) is 0 Å². The maximum atomic E-state index is 14.2. The van der Waals surface area contributed by atoms with Gasteiger partial charge >= 0.3 is 0 Å². The molecule has 1 amide bonds. The van der Waals surface area contributed by atoms with Crippen LogP contribution in [0.1, 0.15) is 29.8 Å². The lowest BCUT2D eigenvalue weighted by Crippen LogP contribution is -2.42. The second-order valence-electron chi connectivity index (χ2n) is 8.82. The summed E-state index contributed by atoms with van der Waals surface area (Å²) in [5.74, 6) is -0.662. The van der Waals surface area contributed by atoms with Crippen molar-refractivity contribution in [3.8, 4) is 17.5 Å². The molecule has 4 rings (SSSR count). The number of halogens is 3. The van der Waals surface area contributed by atoms with Crippen LogP contribution in [-0.4, -0.2) is 60.1 Å². The van der Waals surface area contributed by atoms with Gasteiger partial charge in [0.2, 0.25) is 0 Å². The van der Waals surface area contributed by atoms with Crippen molar-refractivity contribution in [1.82, 2.24) is 29.7 Å². The zero-order valence-electron chi connectivity index (χ0n) is 19.9. The number of anilines is 2. The van der Waals surface area contributed by atoms with Crippen molar-refractivity contribution in [2.75, 3.05) is 11.9 Å². The first-order chi connectivity index (χ1) is 17.5. The Labute approximate surface area is 209 Å². The van der Waals surface area contributed by atoms with Crippen LogP contribution >= 0.6 is 0 Å². The van der Waals surface area contributed by atoms with Gasteiger partial charge in [0.1, 0.15) is 18.8 Å². The Balaban J connectivity index is 1.69. The molecule has 0 bridgehead atoms. The van der Waals surface area contributed by atoms with Gasteiger partial charge in [-0.1, -0.05) is 0 Å². The normalized spacial score (nSPS) is 12.5. The summed E-state index contributed by atoms with van der Waals surface area (Å²) in [6, 6.07) is 8.74. The number of nitrogens with zero attached hydrogens (tertiary/aromatic N) is 6. The topological polar surface area (TPSA) is 133 Å². The molecule has 3 N–H and O–H groups in total. The number of nitrogens with one attached hydrogen (secondary N) is 2. The number of nitriles is 1. The average Bonchev–Trinajstić information content (AvgIpc) is 3.47. The second kappa shape index (κ2) is 10.3. The van der Waals surface area contributed by atoms with Gasteiger partial charge < -0.3 is 15.7 Å². The van der Waals surface area contributed by atoms with Crippen LogP contribution < -0.4 is 10.6 Å². The molecule has 0 unspecified atom stereocenters. The van der Waals surface area contributed by atoms with E-state index >= 15 is 0 Å². The number of carbonyl (C=O) groups is 1. The fourth-order valence-corrected chi connectivity index (χ4v) is 3.49. The van der Waals surface area contributed by atoms with Crippen molar-refractivity contribution in [3.05, 3.63) is 60.2 Å². The molecule has 4 aromatic heterocycles. The molecule has 4 aromatic rings. The number of aliphatic hydroxyl groups is 1. The summed E-state index contributed by atoms with van der Waals surface area (Å²) in [5.41, 5.74) is 1.01. The van der Waals surface area contributed by atoms with Crippen molar-refractivity contribution < 1.29 is 23.1 Å². The highest BCUT2D eigenvalue weighted by Crippen LogP contribution is 2.28. The second-order valence-corrected chi connectivity index (χ2v) is 8.82. The Morgan fingerprint density at radius 2 is 1.97 bits per heavy atom. The summed E-state index contributed by atoms with van der Waals surface area (Å²) in [7, 11) is 0. The molecule has 0 saturated heterocycles. The van der Waals surface area contributed by atoms with Crippen LogP contribution in [-0.2, 0) is 6.54 Å². The summed E-state index contributed by atoms with van der Waals surface area (Å²) in [4.78, 5) is 17.3. The number of pyridine rings is 1. The highest BCUT2D eigenvalue weighted by atomic mass is 19.3. The van der Waals surface area contributed by atoms with Crippen LogP contribution in [0.25, 0.3) is 16.9 Å². The predicted octanol–water partition coefficient (Wildman–Crippen LogP) is 3.31. The minimum absolute atomic E-state index is 0.0499. The molecule has 0 aromatic carbocycles. The van der Waals surface area contributed by atoms with E-state index in [-0.39, 0.29) is 11.3 Å². The molecule has 192 valence electrons. The lowest BCUT2D eigenvalue weighted by Gasteiger charge is -2.22. The molecular formula is C24H23F3N8O2. The molecule has 10 nitrogen and oxygen atoms in total. The maximum absolute atomic E-state index is 14.2. The van der Waals surface area contributed by atoms with Crippen molar-refractivity contribution in [2.24, 2.45) is 0 Å². The molecule has 0 aliphatic rings. The number of amides is 1. The summed E-state index contributed by atoms with van der Waals surface area (Å²) in [6.07, 6.45) is 1.07. The third-order valence-electron chi connectivity index (χ3n) is 5.49. The van der Waals surface area contributed by atoms with Crippen LogP contribution in [0.15, 0.2) is 49.1 Å². The first-order valence-corrected chi connectivity index (χ1v) is 11.2. The largest absolute Gasteiger partial charge is 0.387 e. The van der Waals surface area contributed by atoms with Crippen molar-refractivity contribution in [3.63, 3.8) is 0 Å². The van der Waals surface area contributed by atoms with Gasteiger partial charge in [-0.05, 0) is 38.1 Å². The van der Waals surface area contributed by atoms with Crippen LogP contribution in [0.2, 0.25) is 0 Å². The highest BCUT2D eigenvalue weighted by Gasteiger charge is 2.27. The molecule has 0 saturated carbocycles. The van der Waals surface area contributed by atoms with Gasteiger partial charge in [0, 0.05) is 12.4 Å². The number of carbonyl (C=O) groups excluding carboxylic acids is 1. The molecule has 1 atom stereocenters. The van der Waals surface area contributed by atoms with Gasteiger partial charge in [-0.2, -0.15) is 15.5 Å². The van der Waals surface area contributed by atoms with Gasteiger partial charge in [0.05, 0.1) is 63.9 Å². The first-order valence-electron chi connectivity index (χ1n) is 11.2. The summed E-state index contributed by atoms with van der Waals surface area (Å²) in [5, 5.41) is 32.5. The number of alkyl halides is 3. The lowest BCUT2D eigenvalue weighted by molar-refractivity contribution is -0.00177. The van der Waals surface area contributed by atoms with Crippen LogP contribution in [0, 0.1) is 11.3 Å². The van der Waals surface area contributed by atoms with Crippen molar-refractivity contribution >= 4 is 22.8 Å². The fourth-order valence-electron chi connectivity index (χ4n) is 3.49. The minimum Gasteiger partial charge on any atom is -0.387 e. The standard InChI is InChI=1S/C24H23F3N8O2/c1-24(2,37)21(25)11-30-23(36)17-10-29-19(20-4-3-16-5-14(7-28)8-32-35(16)20)6-18(17)33-15-9-31-34(12-15)13-22(26)27/h3-6,8-10,12,21-22,37H,11,13H2,1-2H3,(H,29,33)(H,30,36)/t21-/m1/s1. The molecule has 0 aliphatic heterocycles. The molecule has 0 spiro atoms. The van der Waals surface area contributed by atoms with Crippen LogP contribution in [0.5, 0.6) is 0 Å². The molecular weight excluding hydrogens is 489 g/mol. The number of rotatable bonds is 9. The van der Waals surface area contributed by atoms with E-state index in [1.54, 1.807) is 28.8 Å². The van der Waals surface area contributed by atoms with Gasteiger partial charge in [-0.15, -0.1) is 0 Å². The van der Waals surface area contributed by atoms with E-state index in [4.69, 9.17) is 5.26 Å². The van der Waals surface area contributed by atoms with Gasteiger partial charge in [0.15, 0.2) is 0 Å². The molecule has 0 fully saturated rings. The van der Waals surface area contributed by atoms with Gasteiger partial charge in [0.25, 0.3) is 12.3 Å². The highest BCUT2D eigenvalue weighted by molar-refractivity contribution is 6.00. The summed E-state index contributed by atoms with van der Waals surface area (Å²) in [6.45, 7) is 1.54. The monoisotopic (exact) mass is 512 g/mol. The number of hydrogen-bond acceptors (Lipinski definition) is 7. The third-order valence-corrected chi connectivity index (χ3v) is 5.49. The number of fused-ring (bicyclic) bond motifs is 1. The van der Waals surface area contributed by atoms with E-state index < -0.39 is 37.2 Å². The Hall–Kier alpha value is -4.44. The van der Waals surface area contributed by atoms with E-state index in [0.717, 1.165) is 4.68 Å². The Morgan fingerprint density at radius 3 is 2.68 bits per heavy atom. The zero-order chi connectivity index (χ0) is 26.7. The Kier molecular flexibility index (Phi) is 7.12.